The standard InChI is InChI=1S/C12H12O4S2/c1-9(13)16-11-7-18(14,15)8-12(11)17-10-5-3-2-4-6-10/h2-6,8,11H,7H2,1H3/t11-/m0/s1. The average molecular weight is 284 g/mol. The average Bonchev–Trinajstić information content (AvgIpc) is 2.53. The smallest absolute Gasteiger partial charge is 0.303 e. The predicted octanol–water partition coefficient (Wildman–Crippen LogP) is 1.98. The predicted molar refractivity (Wildman–Crippen MR) is 69.7 cm³/mol. The van der Waals surface area contributed by atoms with Crippen molar-refractivity contribution in [2.24, 2.45) is 0 Å². The van der Waals surface area contributed by atoms with E-state index in [9.17, 15) is 13.2 Å². The number of hydrogen-bond acceptors (Lipinski definition) is 5. The molecule has 96 valence electrons. The molecule has 1 atom stereocenters. The monoisotopic (exact) mass is 284 g/mol. The molecule has 1 aromatic carbocycles. The molecule has 2 rings (SSSR count). The number of sulfone groups is 1. The topological polar surface area (TPSA) is 60.4 Å². The van der Waals surface area contributed by atoms with Gasteiger partial charge in [-0.1, -0.05) is 30.0 Å². The first-order valence-electron chi connectivity index (χ1n) is 5.31. The zero-order valence-corrected chi connectivity index (χ0v) is 11.3. The summed E-state index contributed by atoms with van der Waals surface area (Å²) in [4.78, 5) is 12.4. The Kier molecular flexibility index (Phi) is 3.77. The van der Waals surface area contributed by atoms with Gasteiger partial charge in [0.05, 0.1) is 5.75 Å². The normalized spacial score (nSPS) is 21.4. The molecule has 1 heterocycles. The highest BCUT2D eigenvalue weighted by Gasteiger charge is 2.32. The third-order valence-electron chi connectivity index (χ3n) is 2.28. The van der Waals surface area contributed by atoms with Gasteiger partial charge in [0.15, 0.2) is 9.84 Å². The lowest BCUT2D eigenvalue weighted by Gasteiger charge is -2.13. The second-order valence-electron chi connectivity index (χ2n) is 3.86. The van der Waals surface area contributed by atoms with E-state index in [4.69, 9.17) is 4.74 Å². The minimum absolute atomic E-state index is 0.165. The van der Waals surface area contributed by atoms with Crippen molar-refractivity contribution < 1.29 is 17.9 Å². The van der Waals surface area contributed by atoms with Gasteiger partial charge in [0, 0.05) is 22.1 Å². The molecule has 18 heavy (non-hydrogen) atoms. The summed E-state index contributed by atoms with van der Waals surface area (Å²) in [6.45, 7) is 1.27. The van der Waals surface area contributed by atoms with Crippen molar-refractivity contribution in [3.63, 3.8) is 0 Å². The Morgan fingerprint density at radius 1 is 1.33 bits per heavy atom. The molecule has 0 unspecified atom stereocenters. The van der Waals surface area contributed by atoms with Gasteiger partial charge in [-0.2, -0.15) is 0 Å². The minimum atomic E-state index is -3.27. The van der Waals surface area contributed by atoms with Gasteiger partial charge in [-0.05, 0) is 12.1 Å². The van der Waals surface area contributed by atoms with E-state index >= 15 is 0 Å². The third kappa shape index (κ3) is 3.36. The quantitative estimate of drug-likeness (QED) is 0.794. The van der Waals surface area contributed by atoms with E-state index in [0.29, 0.717) is 4.91 Å². The van der Waals surface area contributed by atoms with Crippen LogP contribution in [0.5, 0.6) is 0 Å². The summed E-state index contributed by atoms with van der Waals surface area (Å²) < 4.78 is 28.1. The van der Waals surface area contributed by atoms with Gasteiger partial charge in [0.1, 0.15) is 6.10 Å². The SMILES string of the molecule is CC(=O)O[C@H]1CS(=O)(=O)C=C1Sc1ccccc1. The molecule has 1 aliphatic rings. The summed E-state index contributed by atoms with van der Waals surface area (Å²) in [5, 5.41) is 1.19. The summed E-state index contributed by atoms with van der Waals surface area (Å²) in [6.07, 6.45) is -0.683. The Morgan fingerprint density at radius 3 is 2.61 bits per heavy atom. The summed E-state index contributed by atoms with van der Waals surface area (Å²) in [6, 6.07) is 9.37. The molecule has 1 aliphatic heterocycles. The lowest BCUT2D eigenvalue weighted by molar-refractivity contribution is -0.143. The molecular weight excluding hydrogens is 272 g/mol. The Hall–Kier alpha value is -1.27. The van der Waals surface area contributed by atoms with Crippen LogP contribution in [0.25, 0.3) is 0 Å². The molecule has 0 aromatic heterocycles. The van der Waals surface area contributed by atoms with Crippen molar-refractivity contribution >= 4 is 27.6 Å². The number of esters is 1. The van der Waals surface area contributed by atoms with Gasteiger partial charge in [-0.25, -0.2) is 8.42 Å². The molecule has 0 aliphatic carbocycles. The number of thioether (sulfide) groups is 1. The molecule has 1 aromatic rings. The zero-order chi connectivity index (χ0) is 13.2. The van der Waals surface area contributed by atoms with Crippen molar-refractivity contribution in [3.05, 3.63) is 40.6 Å². The van der Waals surface area contributed by atoms with Crippen LogP contribution in [0.15, 0.2) is 45.5 Å². The maximum atomic E-state index is 11.5. The highest BCUT2D eigenvalue weighted by atomic mass is 32.2. The van der Waals surface area contributed by atoms with E-state index in [2.05, 4.69) is 0 Å². The molecule has 0 spiro atoms. The van der Waals surface area contributed by atoms with Crippen LogP contribution in [-0.2, 0) is 19.4 Å². The summed E-state index contributed by atoms with van der Waals surface area (Å²) in [5.41, 5.74) is 0. The van der Waals surface area contributed by atoms with E-state index < -0.39 is 21.9 Å². The first kappa shape index (κ1) is 13.2. The maximum absolute atomic E-state index is 11.5. The van der Waals surface area contributed by atoms with Crippen LogP contribution < -0.4 is 0 Å². The Morgan fingerprint density at radius 2 is 2.00 bits per heavy atom. The fraction of sp³-hybridized carbons (Fsp3) is 0.250. The number of hydrogen-bond donors (Lipinski definition) is 0. The van der Waals surface area contributed by atoms with Crippen LogP contribution in [0.3, 0.4) is 0 Å². The van der Waals surface area contributed by atoms with Crippen molar-refractivity contribution in [3.8, 4) is 0 Å². The molecule has 0 bridgehead atoms. The largest absolute Gasteiger partial charge is 0.456 e. The Bertz CT molecular complexity index is 575. The highest BCUT2D eigenvalue weighted by Crippen LogP contribution is 2.35. The number of benzene rings is 1. The molecular formula is C12H12O4S2. The molecule has 0 saturated heterocycles. The Labute approximate surface area is 110 Å². The zero-order valence-electron chi connectivity index (χ0n) is 9.70. The van der Waals surface area contributed by atoms with Crippen molar-refractivity contribution in [2.45, 2.75) is 17.9 Å². The van der Waals surface area contributed by atoms with E-state index in [1.54, 1.807) is 0 Å². The number of rotatable bonds is 3. The van der Waals surface area contributed by atoms with Gasteiger partial charge in [0.2, 0.25) is 0 Å². The van der Waals surface area contributed by atoms with Gasteiger partial charge in [-0.15, -0.1) is 0 Å². The molecule has 0 radical (unpaired) electrons. The molecule has 0 amide bonds. The summed E-state index contributed by atoms with van der Waals surface area (Å²) >= 11 is 1.31. The maximum Gasteiger partial charge on any atom is 0.303 e. The molecule has 4 nitrogen and oxygen atoms in total. The molecule has 0 saturated carbocycles. The first-order valence-corrected chi connectivity index (χ1v) is 7.84. The second-order valence-corrected chi connectivity index (χ2v) is 6.90. The van der Waals surface area contributed by atoms with Gasteiger partial charge in [-0.3, -0.25) is 4.79 Å². The third-order valence-corrected chi connectivity index (χ3v) is 4.94. The molecule has 0 N–H and O–H groups in total. The van der Waals surface area contributed by atoms with Crippen molar-refractivity contribution in [1.82, 2.24) is 0 Å². The Balaban J connectivity index is 2.20. The lowest BCUT2D eigenvalue weighted by atomic mass is 10.4. The van der Waals surface area contributed by atoms with Crippen LogP contribution in [0.1, 0.15) is 6.92 Å². The van der Waals surface area contributed by atoms with Crippen LogP contribution >= 0.6 is 11.8 Å². The van der Waals surface area contributed by atoms with E-state index in [0.717, 1.165) is 4.90 Å². The van der Waals surface area contributed by atoms with Crippen LogP contribution in [0, 0.1) is 0 Å². The fourth-order valence-electron chi connectivity index (χ4n) is 1.60. The van der Waals surface area contributed by atoms with Gasteiger partial charge >= 0.3 is 5.97 Å². The van der Waals surface area contributed by atoms with E-state index in [-0.39, 0.29) is 5.75 Å². The van der Waals surface area contributed by atoms with E-state index in [1.807, 2.05) is 30.3 Å². The number of carbonyl (C=O) groups is 1. The second kappa shape index (κ2) is 5.16. The summed E-state index contributed by atoms with van der Waals surface area (Å²) in [7, 11) is -3.27. The van der Waals surface area contributed by atoms with Gasteiger partial charge in [0.25, 0.3) is 0 Å². The van der Waals surface area contributed by atoms with Crippen LogP contribution in [0.4, 0.5) is 0 Å². The highest BCUT2D eigenvalue weighted by molar-refractivity contribution is 8.05. The summed E-state index contributed by atoms with van der Waals surface area (Å²) in [5.74, 6) is -0.640. The van der Waals surface area contributed by atoms with Crippen molar-refractivity contribution in [2.75, 3.05) is 5.75 Å². The number of ether oxygens (including phenoxy) is 1. The van der Waals surface area contributed by atoms with Crippen molar-refractivity contribution in [1.29, 1.82) is 0 Å². The van der Waals surface area contributed by atoms with E-state index in [1.165, 1.54) is 24.1 Å². The number of carbonyl (C=O) groups excluding carboxylic acids is 1. The van der Waals surface area contributed by atoms with Gasteiger partial charge < -0.3 is 4.74 Å². The van der Waals surface area contributed by atoms with Crippen LogP contribution in [0.2, 0.25) is 0 Å². The van der Waals surface area contributed by atoms with Crippen LogP contribution in [-0.4, -0.2) is 26.2 Å². The molecule has 0 fully saturated rings. The first-order chi connectivity index (χ1) is 8.46. The molecule has 6 heteroatoms. The lowest BCUT2D eigenvalue weighted by Crippen LogP contribution is -2.20. The minimum Gasteiger partial charge on any atom is -0.456 e. The fourth-order valence-corrected chi connectivity index (χ4v) is 4.44.